The SMILES string of the molecule is C=CC(=O)Nc1cc(Nc2nccc(-c3cc(F)c4nc5n(c4c3)CC(C)(C)O5)n2)c(OC)cc1N(C)CCN(C)C. The van der Waals surface area contributed by atoms with Crippen LogP contribution in [0.25, 0.3) is 22.3 Å². The molecule has 3 heterocycles. The lowest BCUT2D eigenvalue weighted by molar-refractivity contribution is -0.111. The Hall–Kier alpha value is -4.71. The van der Waals surface area contributed by atoms with E-state index in [1.54, 1.807) is 25.4 Å². The first-order valence-electron chi connectivity index (χ1n) is 13.5. The number of halogens is 1. The number of benzene rings is 2. The second kappa shape index (κ2) is 11.3. The van der Waals surface area contributed by atoms with E-state index in [1.165, 1.54) is 12.1 Å². The van der Waals surface area contributed by atoms with Gasteiger partial charge in [0.2, 0.25) is 11.9 Å². The van der Waals surface area contributed by atoms with Gasteiger partial charge in [0, 0.05) is 38.0 Å². The average Bonchev–Trinajstić information content (AvgIpc) is 3.44. The fourth-order valence-corrected chi connectivity index (χ4v) is 4.80. The van der Waals surface area contributed by atoms with Crippen LogP contribution in [-0.2, 0) is 11.3 Å². The minimum absolute atomic E-state index is 0.256. The normalized spacial score (nSPS) is 13.5. The summed E-state index contributed by atoms with van der Waals surface area (Å²) in [5, 5.41) is 6.08. The number of ether oxygens (including phenoxy) is 2. The van der Waals surface area contributed by atoms with E-state index in [2.05, 4.69) is 37.1 Å². The van der Waals surface area contributed by atoms with Crippen LogP contribution in [0.4, 0.5) is 27.4 Å². The number of methoxy groups -OCH3 is 1. The zero-order valence-electron chi connectivity index (χ0n) is 24.7. The Kier molecular flexibility index (Phi) is 7.74. The maximum Gasteiger partial charge on any atom is 0.298 e. The van der Waals surface area contributed by atoms with E-state index in [9.17, 15) is 4.79 Å². The molecule has 2 aromatic heterocycles. The van der Waals surface area contributed by atoms with Crippen LogP contribution in [-0.4, -0.2) is 77.3 Å². The lowest BCUT2D eigenvalue weighted by Gasteiger charge is -2.26. The standard InChI is InChI=1S/C30H35FN8O3/c1-8-26(40)33-21-15-22(25(41-7)16-23(21)38(6)12-11-37(4)5)35-28-32-10-9-20(34-28)18-13-19(31)27-24(14-18)39-17-30(2,3)42-29(39)36-27/h8-10,13-16H,1,11-12,17H2,2-7H3,(H,33,40)(H,32,34,35). The van der Waals surface area contributed by atoms with Gasteiger partial charge < -0.3 is 29.9 Å². The molecule has 0 fully saturated rings. The summed E-state index contributed by atoms with van der Waals surface area (Å²) < 4.78 is 28.6. The van der Waals surface area contributed by atoms with Gasteiger partial charge in [-0.1, -0.05) is 6.58 Å². The molecule has 0 saturated carbocycles. The summed E-state index contributed by atoms with van der Waals surface area (Å²) >= 11 is 0. The fraction of sp³-hybridized carbons (Fsp3) is 0.333. The molecule has 0 aliphatic carbocycles. The van der Waals surface area contributed by atoms with Gasteiger partial charge in [0.1, 0.15) is 16.9 Å². The number of carbonyl (C=O) groups excluding carboxylic acids is 1. The van der Waals surface area contributed by atoms with Gasteiger partial charge in [0.05, 0.1) is 41.9 Å². The summed E-state index contributed by atoms with van der Waals surface area (Å²) in [6.45, 7) is 9.59. The average molecular weight is 575 g/mol. The third kappa shape index (κ3) is 5.84. The van der Waals surface area contributed by atoms with Gasteiger partial charge in [-0.25, -0.2) is 14.4 Å². The first-order valence-corrected chi connectivity index (χ1v) is 13.5. The number of hydrogen-bond acceptors (Lipinski definition) is 9. The zero-order valence-corrected chi connectivity index (χ0v) is 24.7. The number of hydrogen-bond donors (Lipinski definition) is 2. The van der Waals surface area contributed by atoms with Crippen LogP contribution in [0.2, 0.25) is 0 Å². The molecule has 4 aromatic rings. The van der Waals surface area contributed by atoms with E-state index in [1.807, 2.05) is 56.6 Å². The second-order valence-electron chi connectivity index (χ2n) is 11.0. The molecule has 220 valence electrons. The highest BCUT2D eigenvalue weighted by molar-refractivity contribution is 6.02. The topological polar surface area (TPSA) is 110 Å². The van der Waals surface area contributed by atoms with Crippen molar-refractivity contribution in [1.29, 1.82) is 0 Å². The van der Waals surface area contributed by atoms with Crippen molar-refractivity contribution in [3.05, 3.63) is 55.0 Å². The maximum absolute atomic E-state index is 15.1. The summed E-state index contributed by atoms with van der Waals surface area (Å²) in [5.41, 5.74) is 3.43. The van der Waals surface area contributed by atoms with Crippen LogP contribution in [0.3, 0.4) is 0 Å². The molecular weight excluding hydrogens is 539 g/mol. The van der Waals surface area contributed by atoms with E-state index in [-0.39, 0.29) is 17.4 Å². The van der Waals surface area contributed by atoms with Crippen molar-refractivity contribution in [3.8, 4) is 23.0 Å². The zero-order chi connectivity index (χ0) is 30.2. The van der Waals surface area contributed by atoms with Gasteiger partial charge in [-0.05, 0) is 58.3 Å². The highest BCUT2D eigenvalue weighted by Gasteiger charge is 2.33. The molecule has 1 aliphatic rings. The molecule has 0 saturated heterocycles. The quantitative estimate of drug-likeness (QED) is 0.261. The monoisotopic (exact) mass is 574 g/mol. The molecule has 2 aromatic carbocycles. The predicted molar refractivity (Wildman–Crippen MR) is 162 cm³/mol. The largest absolute Gasteiger partial charge is 0.494 e. The lowest BCUT2D eigenvalue weighted by Crippen LogP contribution is -2.29. The summed E-state index contributed by atoms with van der Waals surface area (Å²) in [5.74, 6) is -0.0115. The van der Waals surface area contributed by atoms with Gasteiger partial charge in [0.15, 0.2) is 5.82 Å². The number of imidazole rings is 1. The van der Waals surface area contributed by atoms with Crippen molar-refractivity contribution in [3.63, 3.8) is 0 Å². The molecule has 42 heavy (non-hydrogen) atoms. The third-order valence-electron chi connectivity index (χ3n) is 6.93. The van der Waals surface area contributed by atoms with Gasteiger partial charge >= 0.3 is 0 Å². The molecule has 0 bridgehead atoms. The minimum Gasteiger partial charge on any atom is -0.494 e. The number of aromatic nitrogens is 4. The minimum atomic E-state index is -0.461. The van der Waals surface area contributed by atoms with Crippen LogP contribution in [0.5, 0.6) is 11.8 Å². The van der Waals surface area contributed by atoms with Gasteiger partial charge in [-0.2, -0.15) is 4.98 Å². The fourth-order valence-electron chi connectivity index (χ4n) is 4.80. The molecule has 0 unspecified atom stereocenters. The molecule has 0 atom stereocenters. The van der Waals surface area contributed by atoms with E-state index < -0.39 is 11.4 Å². The number of carbonyl (C=O) groups is 1. The number of fused-ring (bicyclic) bond motifs is 3. The van der Waals surface area contributed by atoms with Gasteiger partial charge in [0.25, 0.3) is 6.01 Å². The van der Waals surface area contributed by atoms with E-state index >= 15 is 4.39 Å². The molecule has 1 amide bonds. The Balaban J connectivity index is 1.49. The Labute approximate surface area is 244 Å². The highest BCUT2D eigenvalue weighted by Crippen LogP contribution is 2.39. The van der Waals surface area contributed by atoms with Crippen LogP contribution in [0.15, 0.2) is 49.2 Å². The van der Waals surface area contributed by atoms with Crippen LogP contribution in [0.1, 0.15) is 13.8 Å². The summed E-state index contributed by atoms with van der Waals surface area (Å²) in [7, 11) is 7.51. The number of likely N-dealkylation sites (N-methyl/N-ethyl adjacent to an activating group) is 2. The van der Waals surface area contributed by atoms with Crippen molar-refractivity contribution in [2.45, 2.75) is 26.0 Å². The number of nitrogens with zero attached hydrogens (tertiary/aromatic N) is 6. The molecule has 11 nitrogen and oxygen atoms in total. The van der Waals surface area contributed by atoms with Crippen molar-refractivity contribution < 1.29 is 18.7 Å². The van der Waals surface area contributed by atoms with E-state index in [0.717, 1.165) is 18.8 Å². The predicted octanol–water partition coefficient (Wildman–Crippen LogP) is 4.68. The number of anilines is 4. The Morgan fingerprint density at radius 1 is 1.19 bits per heavy atom. The molecule has 12 heteroatoms. The molecule has 0 spiro atoms. The maximum atomic E-state index is 15.1. The molecule has 2 N–H and O–H groups in total. The molecular formula is C30H35FN8O3. The molecule has 5 rings (SSSR count). The highest BCUT2D eigenvalue weighted by atomic mass is 19.1. The Bertz CT molecular complexity index is 1670. The van der Waals surface area contributed by atoms with E-state index in [0.29, 0.717) is 46.5 Å². The van der Waals surface area contributed by atoms with Crippen LogP contribution in [0, 0.1) is 5.82 Å². The van der Waals surface area contributed by atoms with Crippen LogP contribution >= 0.6 is 0 Å². The summed E-state index contributed by atoms with van der Waals surface area (Å²) in [4.78, 5) is 29.8. The van der Waals surface area contributed by atoms with Crippen molar-refractivity contribution in [2.24, 2.45) is 0 Å². The van der Waals surface area contributed by atoms with Crippen molar-refractivity contribution in [1.82, 2.24) is 24.4 Å². The first-order chi connectivity index (χ1) is 20.0. The molecule has 1 aliphatic heterocycles. The van der Waals surface area contributed by atoms with Crippen molar-refractivity contribution >= 4 is 40.0 Å². The third-order valence-corrected chi connectivity index (χ3v) is 6.93. The van der Waals surface area contributed by atoms with E-state index in [4.69, 9.17) is 9.47 Å². The lowest BCUT2D eigenvalue weighted by atomic mass is 10.1. The van der Waals surface area contributed by atoms with Crippen LogP contribution < -0.4 is 25.0 Å². The summed E-state index contributed by atoms with van der Waals surface area (Å²) in [6, 6.07) is 8.98. The summed E-state index contributed by atoms with van der Waals surface area (Å²) in [6.07, 6.45) is 2.81. The van der Waals surface area contributed by atoms with Gasteiger partial charge in [-0.3, -0.25) is 9.36 Å². The first kappa shape index (κ1) is 28.8. The Morgan fingerprint density at radius 2 is 1.98 bits per heavy atom. The van der Waals surface area contributed by atoms with Crippen molar-refractivity contribution in [2.75, 3.05) is 56.9 Å². The molecule has 0 radical (unpaired) electrons. The van der Waals surface area contributed by atoms with Gasteiger partial charge in [-0.15, -0.1) is 0 Å². The Morgan fingerprint density at radius 3 is 2.69 bits per heavy atom. The number of rotatable bonds is 10. The number of nitrogens with one attached hydrogen (secondary N) is 2. The number of amides is 1. The smallest absolute Gasteiger partial charge is 0.298 e. The second-order valence-corrected chi connectivity index (χ2v) is 11.0.